The van der Waals surface area contributed by atoms with Gasteiger partial charge in [0.15, 0.2) is 0 Å². The molecule has 5 rings (SSSR count). The lowest BCUT2D eigenvalue weighted by Gasteiger charge is -2.31. The van der Waals surface area contributed by atoms with E-state index in [4.69, 9.17) is 4.98 Å². The normalized spacial score (nSPS) is 16.6. The summed E-state index contributed by atoms with van der Waals surface area (Å²) in [5.41, 5.74) is 3.86. The highest BCUT2D eigenvalue weighted by molar-refractivity contribution is 9.10. The van der Waals surface area contributed by atoms with E-state index in [0.29, 0.717) is 19.6 Å². The van der Waals surface area contributed by atoms with Crippen LogP contribution in [0.4, 0.5) is 4.39 Å². The van der Waals surface area contributed by atoms with Crippen molar-refractivity contribution in [3.05, 3.63) is 94.5 Å². The standard InChI is InChI=1S/C27H26BrFN4O/c28-21-9-7-19(8-10-21)16-30-27(34)20-4-3-15-32(17-20)18-26-31-24-5-1-2-6-25(24)33(26)23-13-11-22(29)12-14-23/h1-2,5-14,20H,3-4,15-18H2,(H,30,34)/t20-/m1/s1. The fraction of sp³-hybridized carbons (Fsp3) is 0.259. The Morgan fingerprint density at radius 2 is 1.82 bits per heavy atom. The molecule has 1 fully saturated rings. The predicted octanol–water partition coefficient (Wildman–Crippen LogP) is 5.46. The second kappa shape index (κ2) is 10.1. The first kappa shape index (κ1) is 22.7. The molecule has 0 aliphatic carbocycles. The highest BCUT2D eigenvalue weighted by atomic mass is 79.9. The third-order valence-electron chi connectivity index (χ3n) is 6.34. The van der Waals surface area contributed by atoms with Gasteiger partial charge in [0, 0.05) is 23.2 Å². The Balaban J connectivity index is 1.31. The summed E-state index contributed by atoms with van der Waals surface area (Å²) in [5, 5.41) is 3.10. The number of likely N-dealkylation sites (tertiary alicyclic amines) is 1. The van der Waals surface area contributed by atoms with Gasteiger partial charge in [0.25, 0.3) is 0 Å². The van der Waals surface area contributed by atoms with E-state index >= 15 is 0 Å². The van der Waals surface area contributed by atoms with Crippen LogP contribution in [0.1, 0.15) is 24.2 Å². The molecule has 0 spiro atoms. The average Bonchev–Trinajstić information content (AvgIpc) is 3.22. The number of hydrogen-bond donors (Lipinski definition) is 1. The lowest BCUT2D eigenvalue weighted by Crippen LogP contribution is -2.42. The maximum absolute atomic E-state index is 13.5. The molecular formula is C27H26BrFN4O. The molecule has 5 nitrogen and oxygen atoms in total. The monoisotopic (exact) mass is 520 g/mol. The van der Waals surface area contributed by atoms with Gasteiger partial charge in [0.1, 0.15) is 11.6 Å². The highest BCUT2D eigenvalue weighted by Gasteiger charge is 2.27. The van der Waals surface area contributed by atoms with Gasteiger partial charge in [-0.15, -0.1) is 0 Å². The Bertz CT molecular complexity index is 1290. The number of nitrogens with one attached hydrogen (secondary N) is 1. The van der Waals surface area contributed by atoms with Crippen LogP contribution in [0.25, 0.3) is 16.7 Å². The van der Waals surface area contributed by atoms with Crippen molar-refractivity contribution < 1.29 is 9.18 Å². The maximum atomic E-state index is 13.5. The Hall–Kier alpha value is -3.03. The molecule has 1 amide bonds. The van der Waals surface area contributed by atoms with Gasteiger partial charge in [0.05, 0.1) is 23.5 Å². The third kappa shape index (κ3) is 5.05. The van der Waals surface area contributed by atoms with Crippen molar-refractivity contribution in [3.8, 4) is 5.69 Å². The molecule has 3 aromatic carbocycles. The number of amides is 1. The SMILES string of the molecule is O=C(NCc1ccc(Br)cc1)[C@@H]1CCCN(Cc2nc3ccccc3n2-c2ccc(F)cc2)C1. The minimum atomic E-state index is -0.261. The second-order valence-corrected chi connectivity index (χ2v) is 9.66. The van der Waals surface area contributed by atoms with Gasteiger partial charge >= 0.3 is 0 Å². The van der Waals surface area contributed by atoms with E-state index in [1.54, 1.807) is 12.1 Å². The summed E-state index contributed by atoms with van der Waals surface area (Å²) in [6, 6.07) is 22.5. The largest absolute Gasteiger partial charge is 0.352 e. The van der Waals surface area contributed by atoms with Gasteiger partial charge < -0.3 is 5.32 Å². The summed E-state index contributed by atoms with van der Waals surface area (Å²) >= 11 is 3.44. The minimum absolute atomic E-state index is 0.0483. The summed E-state index contributed by atoms with van der Waals surface area (Å²) < 4.78 is 16.7. The van der Waals surface area contributed by atoms with Gasteiger partial charge in [-0.3, -0.25) is 14.3 Å². The first-order chi connectivity index (χ1) is 16.6. The highest BCUT2D eigenvalue weighted by Crippen LogP contribution is 2.25. The number of aromatic nitrogens is 2. The van der Waals surface area contributed by atoms with E-state index < -0.39 is 0 Å². The molecule has 7 heteroatoms. The molecule has 1 saturated heterocycles. The van der Waals surface area contributed by atoms with Crippen molar-refractivity contribution in [3.63, 3.8) is 0 Å². The molecule has 4 aromatic rings. The summed E-state index contributed by atoms with van der Waals surface area (Å²) in [6.45, 7) is 2.77. The van der Waals surface area contributed by atoms with Crippen LogP contribution < -0.4 is 5.32 Å². The van der Waals surface area contributed by atoms with Gasteiger partial charge in [-0.1, -0.05) is 40.2 Å². The number of para-hydroxylation sites is 2. The Kier molecular flexibility index (Phi) is 6.74. The number of carbonyl (C=O) groups excluding carboxylic acids is 1. The van der Waals surface area contributed by atoms with Crippen molar-refractivity contribution >= 4 is 32.9 Å². The van der Waals surface area contributed by atoms with Crippen molar-refractivity contribution in [2.75, 3.05) is 13.1 Å². The van der Waals surface area contributed by atoms with Gasteiger partial charge in [-0.05, 0) is 73.5 Å². The van der Waals surface area contributed by atoms with Crippen LogP contribution >= 0.6 is 15.9 Å². The first-order valence-corrected chi connectivity index (χ1v) is 12.3. The molecule has 1 aliphatic heterocycles. The molecule has 1 aliphatic rings. The lowest BCUT2D eigenvalue weighted by atomic mass is 9.97. The molecule has 0 radical (unpaired) electrons. The molecule has 0 bridgehead atoms. The van der Waals surface area contributed by atoms with Crippen LogP contribution in [0.5, 0.6) is 0 Å². The number of imidazole rings is 1. The summed E-state index contributed by atoms with van der Waals surface area (Å²) in [4.78, 5) is 20.1. The number of nitrogens with zero attached hydrogens (tertiary/aromatic N) is 3. The van der Waals surface area contributed by atoms with Crippen LogP contribution in [0.15, 0.2) is 77.3 Å². The lowest BCUT2D eigenvalue weighted by molar-refractivity contribution is -0.127. The molecule has 0 unspecified atom stereocenters. The van der Waals surface area contributed by atoms with E-state index in [1.165, 1.54) is 12.1 Å². The first-order valence-electron chi connectivity index (χ1n) is 11.5. The number of halogens is 2. The van der Waals surface area contributed by atoms with Gasteiger partial charge in [0.2, 0.25) is 5.91 Å². The van der Waals surface area contributed by atoms with Crippen LogP contribution in [-0.4, -0.2) is 33.4 Å². The summed E-state index contributed by atoms with van der Waals surface area (Å²) in [5.74, 6) is 0.680. The van der Waals surface area contributed by atoms with E-state index in [-0.39, 0.29) is 17.6 Å². The predicted molar refractivity (Wildman–Crippen MR) is 135 cm³/mol. The Morgan fingerprint density at radius 1 is 1.06 bits per heavy atom. The van der Waals surface area contributed by atoms with Crippen LogP contribution in [0.3, 0.4) is 0 Å². The fourth-order valence-corrected chi connectivity index (χ4v) is 4.87. The number of rotatable bonds is 6. The van der Waals surface area contributed by atoms with Crippen LogP contribution in [0.2, 0.25) is 0 Å². The maximum Gasteiger partial charge on any atom is 0.224 e. The minimum Gasteiger partial charge on any atom is -0.352 e. The molecular weight excluding hydrogens is 495 g/mol. The number of carbonyl (C=O) groups is 1. The van der Waals surface area contributed by atoms with E-state index in [0.717, 1.165) is 52.0 Å². The quantitative estimate of drug-likeness (QED) is 0.367. The zero-order chi connectivity index (χ0) is 23.5. The van der Waals surface area contributed by atoms with E-state index in [2.05, 4.69) is 30.7 Å². The smallest absolute Gasteiger partial charge is 0.224 e. The molecule has 34 heavy (non-hydrogen) atoms. The number of hydrogen-bond acceptors (Lipinski definition) is 3. The number of piperidine rings is 1. The second-order valence-electron chi connectivity index (χ2n) is 8.75. The van der Waals surface area contributed by atoms with E-state index in [1.807, 2.05) is 48.5 Å². The molecule has 174 valence electrons. The third-order valence-corrected chi connectivity index (χ3v) is 6.87. The molecule has 1 atom stereocenters. The Morgan fingerprint density at radius 3 is 2.62 bits per heavy atom. The summed E-state index contributed by atoms with van der Waals surface area (Å²) in [7, 11) is 0. The molecule has 0 saturated carbocycles. The van der Waals surface area contributed by atoms with Gasteiger partial charge in [-0.2, -0.15) is 0 Å². The van der Waals surface area contributed by atoms with Gasteiger partial charge in [-0.25, -0.2) is 9.37 Å². The van der Waals surface area contributed by atoms with Crippen LogP contribution in [0, 0.1) is 11.7 Å². The van der Waals surface area contributed by atoms with Crippen molar-refractivity contribution in [1.29, 1.82) is 0 Å². The van der Waals surface area contributed by atoms with Crippen molar-refractivity contribution in [2.24, 2.45) is 5.92 Å². The molecule has 1 N–H and O–H groups in total. The van der Waals surface area contributed by atoms with Crippen molar-refractivity contribution in [2.45, 2.75) is 25.9 Å². The molecule has 2 heterocycles. The number of fused-ring (bicyclic) bond motifs is 1. The fourth-order valence-electron chi connectivity index (χ4n) is 4.61. The molecule has 1 aromatic heterocycles. The zero-order valence-corrected chi connectivity index (χ0v) is 20.3. The number of benzene rings is 3. The van der Waals surface area contributed by atoms with Crippen molar-refractivity contribution in [1.82, 2.24) is 19.8 Å². The average molecular weight is 521 g/mol. The van der Waals surface area contributed by atoms with Crippen LogP contribution in [-0.2, 0) is 17.9 Å². The Labute approximate surface area is 206 Å². The zero-order valence-electron chi connectivity index (χ0n) is 18.8. The van der Waals surface area contributed by atoms with E-state index in [9.17, 15) is 9.18 Å². The topological polar surface area (TPSA) is 50.2 Å². The summed E-state index contributed by atoms with van der Waals surface area (Å²) in [6.07, 6.45) is 1.85.